The van der Waals surface area contributed by atoms with Crippen LogP contribution in [0.3, 0.4) is 0 Å². The van der Waals surface area contributed by atoms with Crippen LogP contribution in [0, 0.1) is 5.92 Å². The number of aromatic amines is 1. The predicted molar refractivity (Wildman–Crippen MR) is 120 cm³/mol. The number of pyridine rings is 1. The van der Waals surface area contributed by atoms with Crippen molar-refractivity contribution in [2.24, 2.45) is 5.92 Å². The highest BCUT2D eigenvalue weighted by molar-refractivity contribution is 6.30. The molecular formula is C24H24ClN3O2. The average molecular weight is 422 g/mol. The number of aliphatic hydroxyl groups is 1. The van der Waals surface area contributed by atoms with Gasteiger partial charge in [-0.1, -0.05) is 37.6 Å². The van der Waals surface area contributed by atoms with E-state index in [1.807, 2.05) is 54.6 Å². The van der Waals surface area contributed by atoms with Gasteiger partial charge in [-0.2, -0.15) is 0 Å². The van der Waals surface area contributed by atoms with Crippen LogP contribution in [0.2, 0.25) is 5.02 Å². The van der Waals surface area contributed by atoms with Crippen LogP contribution in [0.1, 0.15) is 30.7 Å². The largest absolute Gasteiger partial charge is 0.493 e. The standard InChI is InChI=1S/C24H24ClN3O2/c1-15(2)14-30-23-9-7-18(25)11-17(23)12-19-4-3-5-21(26-19)24-27-20-8-6-16(13-29)10-22(20)28-24/h3-11,15,29H,12-14H2,1-2H3,(H,27,28). The Hall–Kier alpha value is -2.89. The molecule has 2 aromatic heterocycles. The molecule has 0 saturated heterocycles. The van der Waals surface area contributed by atoms with Gasteiger partial charge in [0.1, 0.15) is 11.4 Å². The molecule has 0 aliphatic rings. The third kappa shape index (κ3) is 4.64. The van der Waals surface area contributed by atoms with Crippen LogP contribution in [0.4, 0.5) is 0 Å². The van der Waals surface area contributed by atoms with Crippen molar-refractivity contribution in [3.8, 4) is 17.3 Å². The maximum Gasteiger partial charge on any atom is 0.157 e. The summed E-state index contributed by atoms with van der Waals surface area (Å²) in [6.07, 6.45) is 0.608. The number of ether oxygens (including phenoxy) is 1. The summed E-state index contributed by atoms with van der Waals surface area (Å²) >= 11 is 6.23. The van der Waals surface area contributed by atoms with Crippen molar-refractivity contribution in [1.29, 1.82) is 0 Å². The molecule has 0 atom stereocenters. The Labute approximate surface area is 180 Å². The van der Waals surface area contributed by atoms with Crippen LogP contribution in [0.15, 0.2) is 54.6 Å². The number of rotatable bonds is 7. The maximum absolute atomic E-state index is 9.34. The fraction of sp³-hybridized carbons (Fsp3) is 0.250. The number of hydrogen-bond acceptors (Lipinski definition) is 4. The van der Waals surface area contributed by atoms with E-state index < -0.39 is 0 Å². The number of halogens is 1. The van der Waals surface area contributed by atoms with Gasteiger partial charge in [0.05, 0.1) is 24.2 Å². The lowest BCUT2D eigenvalue weighted by Crippen LogP contribution is -2.06. The molecule has 6 heteroatoms. The van der Waals surface area contributed by atoms with Crippen molar-refractivity contribution in [3.63, 3.8) is 0 Å². The molecule has 4 aromatic rings. The summed E-state index contributed by atoms with van der Waals surface area (Å²) in [5.41, 5.74) is 5.23. The van der Waals surface area contributed by atoms with Gasteiger partial charge in [-0.25, -0.2) is 9.97 Å². The lowest BCUT2D eigenvalue weighted by molar-refractivity contribution is 0.269. The van der Waals surface area contributed by atoms with Gasteiger partial charge in [0.15, 0.2) is 5.82 Å². The smallest absolute Gasteiger partial charge is 0.157 e. The van der Waals surface area contributed by atoms with E-state index in [2.05, 4.69) is 23.8 Å². The quantitative estimate of drug-likeness (QED) is 0.419. The van der Waals surface area contributed by atoms with E-state index in [4.69, 9.17) is 21.3 Å². The lowest BCUT2D eigenvalue weighted by atomic mass is 10.1. The molecule has 154 valence electrons. The molecule has 2 aromatic carbocycles. The first-order valence-corrected chi connectivity index (χ1v) is 10.4. The fourth-order valence-electron chi connectivity index (χ4n) is 3.26. The Morgan fingerprint density at radius 3 is 2.73 bits per heavy atom. The monoisotopic (exact) mass is 421 g/mol. The SMILES string of the molecule is CC(C)COc1ccc(Cl)cc1Cc1cccc(-c2nc3ccc(CO)cc3[nH]2)n1. The molecule has 0 aliphatic heterocycles. The molecule has 0 fully saturated rings. The van der Waals surface area contributed by atoms with Crippen molar-refractivity contribution in [3.05, 3.63) is 76.4 Å². The molecule has 5 nitrogen and oxygen atoms in total. The van der Waals surface area contributed by atoms with E-state index in [1.54, 1.807) is 0 Å². The summed E-state index contributed by atoms with van der Waals surface area (Å²) in [7, 11) is 0. The van der Waals surface area contributed by atoms with Crippen LogP contribution < -0.4 is 4.74 Å². The number of hydrogen-bond donors (Lipinski definition) is 2. The third-order valence-corrected chi connectivity index (χ3v) is 4.98. The van der Waals surface area contributed by atoms with Crippen LogP contribution in [-0.2, 0) is 13.0 Å². The van der Waals surface area contributed by atoms with Gasteiger partial charge in [0.2, 0.25) is 0 Å². The summed E-state index contributed by atoms with van der Waals surface area (Å²) in [4.78, 5) is 12.7. The zero-order valence-electron chi connectivity index (χ0n) is 17.0. The first-order valence-electron chi connectivity index (χ1n) is 9.99. The predicted octanol–water partition coefficient (Wildman–Crippen LogP) is 5.40. The Balaban J connectivity index is 1.62. The van der Waals surface area contributed by atoms with Crippen molar-refractivity contribution in [1.82, 2.24) is 15.0 Å². The summed E-state index contributed by atoms with van der Waals surface area (Å²) in [5, 5.41) is 10.0. The number of nitrogens with zero attached hydrogens (tertiary/aromatic N) is 2. The highest BCUT2D eigenvalue weighted by Crippen LogP contribution is 2.27. The Morgan fingerprint density at radius 1 is 1.07 bits per heavy atom. The first kappa shape index (κ1) is 20.4. The molecule has 0 spiro atoms. The van der Waals surface area contributed by atoms with Crippen LogP contribution in [-0.4, -0.2) is 26.7 Å². The second-order valence-corrected chi connectivity index (χ2v) is 8.18. The van der Waals surface area contributed by atoms with E-state index in [0.717, 1.165) is 39.3 Å². The van der Waals surface area contributed by atoms with Crippen molar-refractivity contribution in [2.75, 3.05) is 6.61 Å². The van der Waals surface area contributed by atoms with Gasteiger partial charge >= 0.3 is 0 Å². The average Bonchev–Trinajstić information content (AvgIpc) is 3.16. The van der Waals surface area contributed by atoms with Crippen LogP contribution >= 0.6 is 11.6 Å². The second-order valence-electron chi connectivity index (χ2n) is 7.74. The summed E-state index contributed by atoms with van der Waals surface area (Å²) < 4.78 is 5.98. The van der Waals surface area contributed by atoms with E-state index in [9.17, 15) is 5.11 Å². The number of aromatic nitrogens is 3. The van der Waals surface area contributed by atoms with Crippen LogP contribution in [0.25, 0.3) is 22.6 Å². The number of aliphatic hydroxyl groups excluding tert-OH is 1. The Morgan fingerprint density at radius 2 is 1.93 bits per heavy atom. The Kier molecular flexibility index (Phi) is 6.02. The number of fused-ring (bicyclic) bond motifs is 1. The number of benzene rings is 2. The van der Waals surface area contributed by atoms with E-state index in [0.29, 0.717) is 29.8 Å². The molecule has 0 radical (unpaired) electrons. The van der Waals surface area contributed by atoms with E-state index >= 15 is 0 Å². The highest BCUT2D eigenvalue weighted by atomic mass is 35.5. The first-order chi connectivity index (χ1) is 14.5. The van der Waals surface area contributed by atoms with Crippen molar-refractivity contribution < 1.29 is 9.84 Å². The summed E-state index contributed by atoms with van der Waals surface area (Å²) in [6.45, 7) is 4.89. The molecule has 2 heterocycles. The molecule has 0 unspecified atom stereocenters. The second kappa shape index (κ2) is 8.86. The highest BCUT2D eigenvalue weighted by Gasteiger charge is 2.11. The van der Waals surface area contributed by atoms with E-state index in [1.165, 1.54) is 0 Å². The topological polar surface area (TPSA) is 71.0 Å². The van der Waals surface area contributed by atoms with Gasteiger partial charge in [-0.05, 0) is 53.9 Å². The number of H-pyrrole nitrogens is 1. The fourth-order valence-corrected chi connectivity index (χ4v) is 3.46. The molecular weight excluding hydrogens is 398 g/mol. The normalized spacial score (nSPS) is 11.4. The minimum atomic E-state index is -0.00111. The molecule has 30 heavy (non-hydrogen) atoms. The van der Waals surface area contributed by atoms with Crippen LogP contribution in [0.5, 0.6) is 5.75 Å². The van der Waals surface area contributed by atoms with Gasteiger partial charge in [0.25, 0.3) is 0 Å². The third-order valence-electron chi connectivity index (χ3n) is 4.74. The zero-order chi connectivity index (χ0) is 21.1. The van der Waals surface area contributed by atoms with Gasteiger partial charge in [-0.3, -0.25) is 0 Å². The van der Waals surface area contributed by atoms with Gasteiger partial charge in [-0.15, -0.1) is 0 Å². The van der Waals surface area contributed by atoms with Crippen molar-refractivity contribution >= 4 is 22.6 Å². The maximum atomic E-state index is 9.34. The molecule has 0 bridgehead atoms. The van der Waals surface area contributed by atoms with Gasteiger partial charge < -0.3 is 14.8 Å². The number of nitrogens with one attached hydrogen (secondary N) is 1. The Bertz CT molecular complexity index is 1170. The minimum absolute atomic E-state index is 0.00111. The molecule has 2 N–H and O–H groups in total. The molecule has 0 amide bonds. The molecule has 0 aliphatic carbocycles. The zero-order valence-corrected chi connectivity index (χ0v) is 17.8. The van der Waals surface area contributed by atoms with Gasteiger partial charge in [0, 0.05) is 22.7 Å². The van der Waals surface area contributed by atoms with Crippen molar-refractivity contribution in [2.45, 2.75) is 26.9 Å². The minimum Gasteiger partial charge on any atom is -0.493 e. The van der Waals surface area contributed by atoms with E-state index in [-0.39, 0.29) is 6.61 Å². The summed E-state index contributed by atoms with van der Waals surface area (Å²) in [6, 6.07) is 17.3. The summed E-state index contributed by atoms with van der Waals surface area (Å²) in [5.74, 6) is 1.97. The number of imidazole rings is 1. The molecule has 4 rings (SSSR count). The lowest BCUT2D eigenvalue weighted by Gasteiger charge is -2.13. The molecule has 0 saturated carbocycles.